The van der Waals surface area contributed by atoms with Crippen LogP contribution in [-0.2, 0) is 13.0 Å². The minimum absolute atomic E-state index is 0.166. The van der Waals surface area contributed by atoms with Gasteiger partial charge in [-0.2, -0.15) is 0 Å². The lowest BCUT2D eigenvalue weighted by Crippen LogP contribution is -2.33. The van der Waals surface area contributed by atoms with Crippen LogP contribution in [0.2, 0.25) is 0 Å². The highest BCUT2D eigenvalue weighted by atomic mass is 16.2. The van der Waals surface area contributed by atoms with Crippen LogP contribution in [0.3, 0.4) is 0 Å². The lowest BCUT2D eigenvalue weighted by atomic mass is 10.1. The molecule has 1 heterocycles. The maximum atomic E-state index is 13.3. The van der Waals surface area contributed by atoms with Gasteiger partial charge in [0.1, 0.15) is 6.33 Å². The highest BCUT2D eigenvalue weighted by Crippen LogP contribution is 2.12. The lowest BCUT2D eigenvalue weighted by molar-refractivity contribution is 0.0733. The molecular weight excluding hydrogens is 372 g/mol. The number of hydrogen-bond donors (Lipinski definition) is 0. The summed E-state index contributed by atoms with van der Waals surface area (Å²) in [6.45, 7) is 3.15. The van der Waals surface area contributed by atoms with Gasteiger partial charge in [0.15, 0.2) is 0 Å². The summed E-state index contributed by atoms with van der Waals surface area (Å²) < 4.78 is 1.64. The van der Waals surface area contributed by atoms with E-state index in [1.165, 1.54) is 11.1 Å². The quantitative estimate of drug-likeness (QED) is 0.463. The molecule has 4 rings (SSSR count). The predicted molar refractivity (Wildman–Crippen MR) is 117 cm³/mol. The molecule has 0 atom stereocenters. The summed E-state index contributed by atoms with van der Waals surface area (Å²) in [4.78, 5) is 19.4. The number of aryl methyl sites for hydroxylation is 1. The number of aromatic nitrogens is 3. The van der Waals surface area contributed by atoms with Crippen LogP contribution in [-0.4, -0.2) is 32.1 Å². The zero-order valence-electron chi connectivity index (χ0n) is 17.0. The largest absolute Gasteiger partial charge is 0.331 e. The zero-order valence-corrected chi connectivity index (χ0v) is 17.0. The SMILES string of the molecule is Cc1ccc(-n2cnc(C(=O)N(CCc3ccccc3)Cc3ccccc3)n2)cc1. The molecule has 5 nitrogen and oxygen atoms in total. The standard InChI is InChI=1S/C25H24N4O/c1-20-12-14-23(15-13-20)29-19-26-24(27-29)25(30)28(18-22-10-6-3-7-11-22)17-16-21-8-4-2-5-9-21/h2-15,19H,16-18H2,1H3. The monoisotopic (exact) mass is 396 g/mol. The highest BCUT2D eigenvalue weighted by molar-refractivity contribution is 5.90. The van der Waals surface area contributed by atoms with Crippen LogP contribution in [0.25, 0.3) is 5.69 Å². The Bertz CT molecular complexity index is 1090. The number of benzene rings is 3. The normalized spacial score (nSPS) is 10.7. The molecular formula is C25H24N4O. The molecule has 0 aliphatic rings. The number of amides is 1. The van der Waals surface area contributed by atoms with E-state index in [1.807, 2.05) is 84.6 Å². The summed E-state index contributed by atoms with van der Waals surface area (Å²) in [7, 11) is 0. The van der Waals surface area contributed by atoms with Crippen molar-refractivity contribution in [3.05, 3.63) is 114 Å². The fraction of sp³-hybridized carbons (Fsp3) is 0.160. The molecule has 0 unspecified atom stereocenters. The first kappa shape index (κ1) is 19.6. The van der Waals surface area contributed by atoms with E-state index in [9.17, 15) is 4.79 Å². The zero-order chi connectivity index (χ0) is 20.8. The van der Waals surface area contributed by atoms with Crippen LogP contribution >= 0.6 is 0 Å². The van der Waals surface area contributed by atoms with Crippen molar-refractivity contribution in [2.45, 2.75) is 19.9 Å². The van der Waals surface area contributed by atoms with Gasteiger partial charge in [-0.05, 0) is 36.6 Å². The van der Waals surface area contributed by atoms with Crippen molar-refractivity contribution in [3.63, 3.8) is 0 Å². The van der Waals surface area contributed by atoms with Crippen LogP contribution in [0.1, 0.15) is 27.3 Å². The van der Waals surface area contributed by atoms with Gasteiger partial charge >= 0.3 is 0 Å². The third kappa shape index (κ3) is 4.81. The van der Waals surface area contributed by atoms with Gasteiger partial charge in [0, 0.05) is 13.1 Å². The van der Waals surface area contributed by atoms with Crippen molar-refractivity contribution in [3.8, 4) is 5.69 Å². The van der Waals surface area contributed by atoms with Gasteiger partial charge in [-0.1, -0.05) is 78.4 Å². The van der Waals surface area contributed by atoms with Crippen molar-refractivity contribution in [1.29, 1.82) is 0 Å². The van der Waals surface area contributed by atoms with Gasteiger partial charge in [0.05, 0.1) is 5.69 Å². The summed E-state index contributed by atoms with van der Waals surface area (Å²) >= 11 is 0. The Labute approximate surface area is 176 Å². The molecule has 0 N–H and O–H groups in total. The number of nitrogens with zero attached hydrogens (tertiary/aromatic N) is 4. The predicted octanol–water partition coefficient (Wildman–Crippen LogP) is 4.46. The van der Waals surface area contributed by atoms with Gasteiger partial charge < -0.3 is 4.90 Å². The second-order valence-corrected chi connectivity index (χ2v) is 7.30. The molecule has 0 saturated heterocycles. The molecule has 1 aromatic heterocycles. The second kappa shape index (κ2) is 9.18. The van der Waals surface area contributed by atoms with E-state index in [4.69, 9.17) is 0 Å². The van der Waals surface area contributed by atoms with Crippen LogP contribution in [0.4, 0.5) is 0 Å². The maximum absolute atomic E-state index is 13.3. The Morgan fingerprint density at radius 2 is 1.50 bits per heavy atom. The van der Waals surface area contributed by atoms with E-state index in [-0.39, 0.29) is 11.7 Å². The van der Waals surface area contributed by atoms with Crippen molar-refractivity contribution in [1.82, 2.24) is 19.7 Å². The fourth-order valence-electron chi connectivity index (χ4n) is 3.29. The van der Waals surface area contributed by atoms with E-state index in [2.05, 4.69) is 22.2 Å². The van der Waals surface area contributed by atoms with Gasteiger partial charge in [-0.3, -0.25) is 4.79 Å². The Kier molecular flexibility index (Phi) is 5.99. The highest BCUT2D eigenvalue weighted by Gasteiger charge is 2.20. The summed E-state index contributed by atoms with van der Waals surface area (Å²) in [5.41, 5.74) is 4.33. The van der Waals surface area contributed by atoms with Crippen LogP contribution in [0, 0.1) is 6.92 Å². The van der Waals surface area contributed by atoms with Gasteiger partial charge in [-0.15, -0.1) is 5.10 Å². The van der Waals surface area contributed by atoms with Gasteiger partial charge in [0.2, 0.25) is 5.82 Å². The molecule has 1 amide bonds. The first-order chi connectivity index (χ1) is 14.7. The molecule has 0 fully saturated rings. The second-order valence-electron chi connectivity index (χ2n) is 7.30. The van der Waals surface area contributed by atoms with Gasteiger partial charge in [0.25, 0.3) is 5.91 Å². The minimum Gasteiger partial charge on any atom is -0.331 e. The number of rotatable bonds is 7. The van der Waals surface area contributed by atoms with E-state index in [0.29, 0.717) is 13.1 Å². The molecule has 0 saturated carbocycles. The average Bonchev–Trinajstić information content (AvgIpc) is 3.28. The van der Waals surface area contributed by atoms with Crippen LogP contribution in [0.5, 0.6) is 0 Å². The lowest BCUT2D eigenvalue weighted by Gasteiger charge is -2.21. The Morgan fingerprint density at radius 3 is 2.17 bits per heavy atom. The number of hydrogen-bond acceptors (Lipinski definition) is 3. The summed E-state index contributed by atoms with van der Waals surface area (Å²) in [6, 6.07) is 28.2. The first-order valence-electron chi connectivity index (χ1n) is 10.0. The van der Waals surface area contributed by atoms with Gasteiger partial charge in [-0.25, -0.2) is 9.67 Å². The third-order valence-corrected chi connectivity index (χ3v) is 5.00. The van der Waals surface area contributed by atoms with Crippen molar-refractivity contribution in [2.24, 2.45) is 0 Å². The molecule has 0 spiro atoms. The topological polar surface area (TPSA) is 51.0 Å². The summed E-state index contributed by atoms with van der Waals surface area (Å²) in [5.74, 6) is 0.0419. The summed E-state index contributed by atoms with van der Waals surface area (Å²) in [6.07, 6.45) is 2.37. The molecule has 4 aromatic rings. The van der Waals surface area contributed by atoms with Crippen LogP contribution < -0.4 is 0 Å². The minimum atomic E-state index is -0.166. The average molecular weight is 396 g/mol. The first-order valence-corrected chi connectivity index (χ1v) is 10.0. The van der Waals surface area contributed by atoms with Crippen molar-refractivity contribution < 1.29 is 4.79 Å². The Morgan fingerprint density at radius 1 is 0.867 bits per heavy atom. The molecule has 0 radical (unpaired) electrons. The van der Waals surface area contributed by atoms with E-state index in [0.717, 1.165) is 17.7 Å². The number of carbonyl (C=O) groups is 1. The summed E-state index contributed by atoms with van der Waals surface area (Å²) in [5, 5.41) is 4.44. The maximum Gasteiger partial charge on any atom is 0.293 e. The van der Waals surface area contributed by atoms with Crippen molar-refractivity contribution in [2.75, 3.05) is 6.54 Å². The molecule has 150 valence electrons. The number of carbonyl (C=O) groups excluding carboxylic acids is 1. The molecule has 3 aromatic carbocycles. The molecule has 0 bridgehead atoms. The smallest absolute Gasteiger partial charge is 0.293 e. The molecule has 0 aliphatic carbocycles. The molecule has 0 aliphatic heterocycles. The Hall–Kier alpha value is -3.73. The van der Waals surface area contributed by atoms with E-state index >= 15 is 0 Å². The van der Waals surface area contributed by atoms with Crippen LogP contribution in [0.15, 0.2) is 91.3 Å². The fourth-order valence-corrected chi connectivity index (χ4v) is 3.29. The molecule has 30 heavy (non-hydrogen) atoms. The van der Waals surface area contributed by atoms with E-state index in [1.54, 1.807) is 11.0 Å². The Balaban J connectivity index is 1.54. The molecule has 5 heteroatoms. The third-order valence-electron chi connectivity index (χ3n) is 5.00. The van der Waals surface area contributed by atoms with E-state index < -0.39 is 0 Å². The van der Waals surface area contributed by atoms with Crippen molar-refractivity contribution >= 4 is 5.91 Å².